The zero-order valence-electron chi connectivity index (χ0n) is 10.6. The minimum Gasteiger partial charge on any atom is -0.409 e. The maximum Gasteiger partial charge on any atom is 0.255 e. The number of amidine groups is 1. The quantitative estimate of drug-likeness (QED) is 0.388. The van der Waals surface area contributed by atoms with Crippen LogP contribution in [0.4, 0.5) is 0 Å². The molecule has 0 aliphatic rings. The third-order valence-electron chi connectivity index (χ3n) is 2.68. The topological polar surface area (TPSA) is 78.9 Å². The van der Waals surface area contributed by atoms with Crippen molar-refractivity contribution in [2.75, 3.05) is 13.6 Å². The number of hydrogen-bond donors (Lipinski definition) is 2. The number of carbonyl (C=O) groups is 1. The van der Waals surface area contributed by atoms with Crippen LogP contribution in [0.25, 0.3) is 0 Å². The van der Waals surface area contributed by atoms with Gasteiger partial charge >= 0.3 is 0 Å². The lowest BCUT2D eigenvalue weighted by molar-refractivity contribution is 0.0786. The fourth-order valence-electron chi connectivity index (χ4n) is 1.55. The van der Waals surface area contributed by atoms with Crippen LogP contribution in [0.15, 0.2) is 23.4 Å². The lowest BCUT2D eigenvalue weighted by Crippen LogP contribution is -2.36. The molecule has 0 saturated heterocycles. The third-order valence-corrected chi connectivity index (χ3v) is 3.22. The number of halogens is 2. The zero-order chi connectivity index (χ0) is 14.6. The number of hydrogen-bond acceptors (Lipinski definition) is 3. The average Bonchev–Trinajstić information content (AvgIpc) is 2.36. The molecule has 19 heavy (non-hydrogen) atoms. The molecule has 1 rings (SSSR count). The molecule has 0 aromatic heterocycles. The summed E-state index contributed by atoms with van der Waals surface area (Å²) in [6.07, 6.45) is 0. The Balaban J connectivity index is 2.82. The molecule has 0 bridgehead atoms. The van der Waals surface area contributed by atoms with E-state index in [2.05, 4.69) is 5.16 Å². The van der Waals surface area contributed by atoms with Gasteiger partial charge in [0.05, 0.1) is 10.6 Å². The van der Waals surface area contributed by atoms with E-state index < -0.39 is 0 Å². The minimum absolute atomic E-state index is 0.0712. The molecule has 7 heteroatoms. The fourth-order valence-corrected chi connectivity index (χ4v) is 2.04. The van der Waals surface area contributed by atoms with Crippen molar-refractivity contribution in [3.8, 4) is 0 Å². The predicted octanol–water partition coefficient (Wildman–Crippen LogP) is 2.45. The Kier molecular flexibility index (Phi) is 5.44. The maximum atomic E-state index is 12.2. The summed E-state index contributed by atoms with van der Waals surface area (Å²) >= 11 is 11.8. The monoisotopic (exact) mass is 303 g/mol. The van der Waals surface area contributed by atoms with Crippen molar-refractivity contribution < 1.29 is 10.0 Å². The molecule has 0 saturated carbocycles. The summed E-state index contributed by atoms with van der Waals surface area (Å²) in [4.78, 5) is 13.6. The summed E-state index contributed by atoms with van der Waals surface area (Å²) in [6, 6.07) is 4.68. The van der Waals surface area contributed by atoms with Crippen LogP contribution in [0.1, 0.15) is 17.3 Å². The molecule has 0 heterocycles. The molecule has 0 aliphatic carbocycles. The molecule has 0 radical (unpaired) electrons. The van der Waals surface area contributed by atoms with Crippen LogP contribution in [-0.2, 0) is 0 Å². The first kappa shape index (κ1) is 15.6. The molecule has 1 aromatic rings. The van der Waals surface area contributed by atoms with Gasteiger partial charge in [-0.25, -0.2) is 0 Å². The molecule has 1 atom stereocenters. The van der Waals surface area contributed by atoms with E-state index >= 15 is 0 Å². The largest absolute Gasteiger partial charge is 0.409 e. The Morgan fingerprint density at radius 1 is 1.53 bits per heavy atom. The lowest BCUT2D eigenvalue weighted by Gasteiger charge is -2.21. The van der Waals surface area contributed by atoms with Crippen LogP contribution >= 0.6 is 23.2 Å². The van der Waals surface area contributed by atoms with Crippen LogP contribution in [0.2, 0.25) is 10.0 Å². The molecule has 5 nitrogen and oxygen atoms in total. The average molecular weight is 304 g/mol. The van der Waals surface area contributed by atoms with Gasteiger partial charge in [0.25, 0.3) is 5.91 Å². The number of nitrogens with zero attached hydrogens (tertiary/aromatic N) is 2. The second kappa shape index (κ2) is 6.63. The van der Waals surface area contributed by atoms with Gasteiger partial charge in [0.15, 0.2) is 0 Å². The summed E-state index contributed by atoms with van der Waals surface area (Å²) in [5.41, 5.74) is 5.83. The first-order chi connectivity index (χ1) is 8.86. The Morgan fingerprint density at radius 3 is 2.68 bits per heavy atom. The Bertz CT molecular complexity index is 506. The summed E-state index contributed by atoms with van der Waals surface area (Å²) in [7, 11) is 1.62. The molecular formula is C12H15Cl2N3O2. The van der Waals surface area contributed by atoms with Crippen LogP contribution in [0.3, 0.4) is 0 Å². The standard InChI is InChI=1S/C12H15Cl2N3O2/c1-7(11(15)16-19)6-17(2)12(18)9-4-3-8(13)5-10(9)14/h3-5,7,19H,6H2,1-2H3,(H2,15,16). The molecule has 0 fully saturated rings. The molecule has 1 amide bonds. The van der Waals surface area contributed by atoms with Crippen molar-refractivity contribution in [3.63, 3.8) is 0 Å². The number of oxime groups is 1. The summed E-state index contributed by atoms with van der Waals surface area (Å²) in [5, 5.41) is 12.2. The minimum atomic E-state index is -0.259. The van der Waals surface area contributed by atoms with Crippen LogP contribution < -0.4 is 5.73 Å². The van der Waals surface area contributed by atoms with Gasteiger partial charge in [-0.15, -0.1) is 0 Å². The predicted molar refractivity (Wildman–Crippen MR) is 76.0 cm³/mol. The van der Waals surface area contributed by atoms with E-state index in [0.717, 1.165) is 0 Å². The first-order valence-electron chi connectivity index (χ1n) is 5.54. The SMILES string of the molecule is CC(CN(C)C(=O)c1ccc(Cl)cc1Cl)C(N)=NO. The highest BCUT2D eigenvalue weighted by molar-refractivity contribution is 6.36. The normalized spacial score (nSPS) is 13.2. The van der Waals surface area contributed by atoms with Gasteiger partial charge in [-0.3, -0.25) is 4.79 Å². The van der Waals surface area contributed by atoms with Gasteiger partial charge in [-0.2, -0.15) is 0 Å². The smallest absolute Gasteiger partial charge is 0.255 e. The second-order valence-electron chi connectivity index (χ2n) is 4.24. The Morgan fingerprint density at radius 2 is 2.16 bits per heavy atom. The molecule has 0 spiro atoms. The van der Waals surface area contributed by atoms with E-state index in [1.165, 1.54) is 11.0 Å². The number of rotatable bonds is 4. The maximum absolute atomic E-state index is 12.2. The third kappa shape index (κ3) is 4.01. The Hall–Kier alpha value is -1.46. The van der Waals surface area contributed by atoms with E-state index in [9.17, 15) is 4.79 Å². The fraction of sp³-hybridized carbons (Fsp3) is 0.333. The van der Waals surface area contributed by atoms with Crippen molar-refractivity contribution in [1.29, 1.82) is 0 Å². The van der Waals surface area contributed by atoms with Gasteiger partial charge in [0.1, 0.15) is 5.84 Å². The molecule has 1 aromatic carbocycles. The van der Waals surface area contributed by atoms with Gasteiger partial charge in [0.2, 0.25) is 0 Å². The summed E-state index contributed by atoms with van der Waals surface area (Å²) < 4.78 is 0. The number of benzene rings is 1. The molecule has 104 valence electrons. The van der Waals surface area contributed by atoms with Crippen molar-refractivity contribution in [3.05, 3.63) is 33.8 Å². The number of amides is 1. The van der Waals surface area contributed by atoms with Crippen molar-refractivity contribution >= 4 is 34.9 Å². The van der Waals surface area contributed by atoms with E-state index in [1.807, 2.05) is 0 Å². The molecule has 0 aliphatic heterocycles. The molecule has 3 N–H and O–H groups in total. The van der Waals surface area contributed by atoms with Crippen LogP contribution in [0.5, 0.6) is 0 Å². The first-order valence-corrected chi connectivity index (χ1v) is 6.30. The van der Waals surface area contributed by atoms with Crippen LogP contribution in [0, 0.1) is 5.92 Å². The van der Waals surface area contributed by atoms with E-state index in [-0.39, 0.29) is 17.7 Å². The van der Waals surface area contributed by atoms with Gasteiger partial charge in [0, 0.05) is 24.5 Å². The highest BCUT2D eigenvalue weighted by atomic mass is 35.5. The number of carbonyl (C=O) groups excluding carboxylic acids is 1. The van der Waals surface area contributed by atoms with Crippen molar-refractivity contribution in [2.45, 2.75) is 6.92 Å². The van der Waals surface area contributed by atoms with Gasteiger partial charge in [-0.1, -0.05) is 35.3 Å². The second-order valence-corrected chi connectivity index (χ2v) is 5.08. The van der Waals surface area contributed by atoms with E-state index in [1.54, 1.807) is 26.1 Å². The zero-order valence-corrected chi connectivity index (χ0v) is 12.1. The summed E-state index contributed by atoms with van der Waals surface area (Å²) in [5.74, 6) is -0.439. The van der Waals surface area contributed by atoms with E-state index in [4.69, 9.17) is 34.1 Å². The van der Waals surface area contributed by atoms with E-state index in [0.29, 0.717) is 22.2 Å². The van der Waals surface area contributed by atoms with Crippen molar-refractivity contribution in [2.24, 2.45) is 16.8 Å². The van der Waals surface area contributed by atoms with Gasteiger partial charge in [-0.05, 0) is 18.2 Å². The molecular weight excluding hydrogens is 289 g/mol. The highest BCUT2D eigenvalue weighted by Crippen LogP contribution is 2.22. The lowest BCUT2D eigenvalue weighted by atomic mass is 10.1. The highest BCUT2D eigenvalue weighted by Gasteiger charge is 2.18. The van der Waals surface area contributed by atoms with Crippen LogP contribution in [-0.4, -0.2) is 35.4 Å². The molecule has 1 unspecified atom stereocenters. The van der Waals surface area contributed by atoms with Crippen molar-refractivity contribution in [1.82, 2.24) is 4.90 Å². The summed E-state index contributed by atoms with van der Waals surface area (Å²) in [6.45, 7) is 2.07. The van der Waals surface area contributed by atoms with Gasteiger partial charge < -0.3 is 15.8 Å². The number of nitrogens with two attached hydrogens (primary N) is 1. The Labute approximate surface area is 121 Å².